The Bertz CT molecular complexity index is 135. The Morgan fingerprint density at radius 2 is 2.62 bits per heavy atom. The van der Waals surface area contributed by atoms with Crippen LogP contribution in [0.3, 0.4) is 0 Å². The highest BCUT2D eigenvalue weighted by Crippen LogP contribution is 2.01. The summed E-state index contributed by atoms with van der Waals surface area (Å²) in [5.74, 6) is 0. The summed E-state index contributed by atoms with van der Waals surface area (Å²) in [7, 11) is 0. The summed E-state index contributed by atoms with van der Waals surface area (Å²) in [4.78, 5) is 3.79. The van der Waals surface area contributed by atoms with Crippen molar-refractivity contribution in [1.29, 1.82) is 0 Å². The molecule has 0 spiro atoms. The normalized spacial score (nSPS) is 26.8. The topological polar surface area (TPSA) is 24.4 Å². The first-order valence-electron chi connectivity index (χ1n) is 2.68. The average molecular weight is 109 g/mol. The maximum Gasteiger partial charge on any atom is 0.169 e. The Hall–Kier alpha value is -0.790. The molecule has 2 heteroatoms. The minimum atomic E-state index is 0.410. The van der Waals surface area contributed by atoms with Gasteiger partial charge < -0.3 is 5.32 Å². The fourth-order valence-corrected chi connectivity index (χ4v) is 0.494. The van der Waals surface area contributed by atoms with E-state index in [1.165, 1.54) is 5.57 Å². The summed E-state index contributed by atoms with van der Waals surface area (Å²) in [6.07, 6.45) is 4.48. The van der Waals surface area contributed by atoms with E-state index in [9.17, 15) is 0 Å². The van der Waals surface area contributed by atoms with Crippen LogP contribution in [-0.4, -0.2) is 12.4 Å². The quantitative estimate of drug-likeness (QED) is 0.488. The molecule has 0 aliphatic carbocycles. The highest BCUT2D eigenvalue weighted by molar-refractivity contribution is 5.58. The lowest BCUT2D eigenvalue weighted by Gasteiger charge is -2.12. The van der Waals surface area contributed by atoms with E-state index >= 15 is 0 Å². The van der Waals surface area contributed by atoms with Gasteiger partial charge in [-0.15, -0.1) is 0 Å². The van der Waals surface area contributed by atoms with Gasteiger partial charge in [-0.1, -0.05) is 0 Å². The van der Waals surface area contributed by atoms with Crippen LogP contribution < -0.4 is 5.32 Å². The second-order valence-corrected chi connectivity index (χ2v) is 1.98. The summed E-state index contributed by atoms with van der Waals surface area (Å²) in [6, 6.07) is 0.410. The third kappa shape index (κ3) is 0.886. The maximum atomic E-state index is 3.79. The van der Waals surface area contributed by atoms with Crippen molar-refractivity contribution in [2.45, 2.75) is 19.9 Å². The average Bonchev–Trinajstić information content (AvgIpc) is 1.77. The molecule has 1 aliphatic rings. The standard InChI is InChI=1S/C6H9N2/c1-5-3-7-4-8-6(5)2/h3,6H,1-2H3,(H,7,8)/t6-/m0/s1. The number of hydrogen-bond donors (Lipinski definition) is 1. The van der Waals surface area contributed by atoms with Crippen LogP contribution in [0.1, 0.15) is 13.8 Å². The van der Waals surface area contributed by atoms with Gasteiger partial charge in [-0.3, -0.25) is 0 Å². The summed E-state index contributed by atoms with van der Waals surface area (Å²) in [5.41, 5.74) is 1.25. The van der Waals surface area contributed by atoms with Gasteiger partial charge in [0.2, 0.25) is 0 Å². The fraction of sp³-hybridized carbons (Fsp3) is 0.500. The van der Waals surface area contributed by atoms with Crippen molar-refractivity contribution in [3.05, 3.63) is 11.8 Å². The van der Waals surface area contributed by atoms with Crippen molar-refractivity contribution in [3.63, 3.8) is 0 Å². The van der Waals surface area contributed by atoms with Crippen LogP contribution in [0.25, 0.3) is 0 Å². The molecule has 1 aliphatic heterocycles. The van der Waals surface area contributed by atoms with Gasteiger partial charge in [0.15, 0.2) is 6.34 Å². The predicted octanol–water partition coefficient (Wildman–Crippen LogP) is 0.787. The van der Waals surface area contributed by atoms with Gasteiger partial charge in [0.05, 0.1) is 0 Å². The van der Waals surface area contributed by atoms with Gasteiger partial charge >= 0.3 is 0 Å². The molecule has 0 aromatic rings. The summed E-state index contributed by atoms with van der Waals surface area (Å²) < 4.78 is 0. The first-order valence-corrected chi connectivity index (χ1v) is 2.68. The molecule has 1 atom stereocenters. The molecule has 8 heavy (non-hydrogen) atoms. The highest BCUT2D eigenvalue weighted by Gasteiger charge is 2.02. The van der Waals surface area contributed by atoms with Gasteiger partial charge in [0, 0.05) is 12.2 Å². The number of nitrogens with zero attached hydrogens (tertiary/aromatic N) is 1. The van der Waals surface area contributed by atoms with Crippen molar-refractivity contribution in [2.24, 2.45) is 4.99 Å². The molecular formula is C6H9N2. The molecule has 1 radical (unpaired) electrons. The largest absolute Gasteiger partial charge is 0.361 e. The molecule has 0 saturated heterocycles. The molecule has 0 fully saturated rings. The van der Waals surface area contributed by atoms with Crippen molar-refractivity contribution < 1.29 is 0 Å². The fourth-order valence-electron chi connectivity index (χ4n) is 0.494. The maximum absolute atomic E-state index is 3.79. The summed E-state index contributed by atoms with van der Waals surface area (Å²) in [6.45, 7) is 4.12. The zero-order chi connectivity index (χ0) is 5.98. The molecule has 0 saturated carbocycles. The minimum absolute atomic E-state index is 0.410. The lowest BCUT2D eigenvalue weighted by Crippen LogP contribution is -2.27. The molecule has 2 nitrogen and oxygen atoms in total. The molecule has 0 aromatic carbocycles. The molecule has 0 bridgehead atoms. The second kappa shape index (κ2) is 1.99. The van der Waals surface area contributed by atoms with Crippen LogP contribution >= 0.6 is 0 Å². The van der Waals surface area contributed by atoms with Crippen LogP contribution in [0.5, 0.6) is 0 Å². The molecule has 1 N–H and O–H groups in total. The Labute approximate surface area is 49.3 Å². The summed E-state index contributed by atoms with van der Waals surface area (Å²) in [5, 5.41) is 2.95. The lowest BCUT2D eigenvalue weighted by molar-refractivity contribution is 0.755. The first kappa shape index (κ1) is 5.35. The second-order valence-electron chi connectivity index (χ2n) is 1.98. The predicted molar refractivity (Wildman–Crippen MR) is 33.8 cm³/mol. The molecule has 43 valence electrons. The van der Waals surface area contributed by atoms with Crippen LogP contribution in [0.15, 0.2) is 16.8 Å². The molecule has 1 heterocycles. The lowest BCUT2D eigenvalue weighted by atomic mass is 10.1. The van der Waals surface area contributed by atoms with Gasteiger partial charge in [0.25, 0.3) is 0 Å². The van der Waals surface area contributed by atoms with Crippen molar-refractivity contribution >= 4 is 6.34 Å². The van der Waals surface area contributed by atoms with Gasteiger partial charge in [-0.05, 0) is 19.4 Å². The van der Waals surface area contributed by atoms with E-state index in [2.05, 4.69) is 23.6 Å². The first-order chi connectivity index (χ1) is 3.80. The molecular weight excluding hydrogens is 100 g/mol. The van der Waals surface area contributed by atoms with Gasteiger partial charge in [0.1, 0.15) is 0 Å². The van der Waals surface area contributed by atoms with E-state index < -0.39 is 0 Å². The van der Waals surface area contributed by atoms with Crippen LogP contribution in [0.2, 0.25) is 0 Å². The zero-order valence-electron chi connectivity index (χ0n) is 5.10. The minimum Gasteiger partial charge on any atom is -0.361 e. The monoisotopic (exact) mass is 109 g/mol. The van der Waals surface area contributed by atoms with E-state index in [0.29, 0.717) is 6.04 Å². The van der Waals surface area contributed by atoms with Crippen LogP contribution in [0, 0.1) is 0 Å². The van der Waals surface area contributed by atoms with E-state index in [0.717, 1.165) is 0 Å². The van der Waals surface area contributed by atoms with Crippen molar-refractivity contribution in [2.75, 3.05) is 0 Å². The zero-order valence-corrected chi connectivity index (χ0v) is 5.10. The summed E-state index contributed by atoms with van der Waals surface area (Å²) >= 11 is 0. The molecule has 0 unspecified atom stereocenters. The van der Waals surface area contributed by atoms with Gasteiger partial charge in [-0.2, -0.15) is 0 Å². The SMILES string of the molecule is CC1=CN=[C]N[C@H]1C. The number of hydrogen-bond acceptors (Lipinski definition) is 2. The van der Waals surface area contributed by atoms with E-state index in [-0.39, 0.29) is 0 Å². The van der Waals surface area contributed by atoms with Crippen LogP contribution in [-0.2, 0) is 0 Å². The molecule has 0 aromatic heterocycles. The van der Waals surface area contributed by atoms with Crippen molar-refractivity contribution in [3.8, 4) is 0 Å². The number of nitrogens with one attached hydrogen (secondary N) is 1. The Balaban J connectivity index is 2.66. The van der Waals surface area contributed by atoms with E-state index in [1.807, 2.05) is 13.1 Å². The van der Waals surface area contributed by atoms with Crippen LogP contribution in [0.4, 0.5) is 0 Å². The third-order valence-electron chi connectivity index (χ3n) is 1.30. The Morgan fingerprint density at radius 3 is 3.00 bits per heavy atom. The van der Waals surface area contributed by atoms with E-state index in [4.69, 9.17) is 0 Å². The molecule has 1 rings (SSSR count). The van der Waals surface area contributed by atoms with Crippen molar-refractivity contribution in [1.82, 2.24) is 5.32 Å². The number of rotatable bonds is 0. The highest BCUT2D eigenvalue weighted by atomic mass is 15.0. The number of aliphatic imine (C=N–C) groups is 1. The Kier molecular flexibility index (Phi) is 1.33. The Morgan fingerprint density at radius 1 is 1.88 bits per heavy atom. The smallest absolute Gasteiger partial charge is 0.169 e. The van der Waals surface area contributed by atoms with E-state index in [1.54, 1.807) is 0 Å². The molecule has 0 amide bonds. The van der Waals surface area contributed by atoms with Gasteiger partial charge in [-0.25, -0.2) is 4.99 Å². The third-order valence-corrected chi connectivity index (χ3v) is 1.30.